The normalized spacial score (nSPS) is 13.0. The number of carboxylic acids is 1. The maximum Gasteiger partial charge on any atom is 0.326 e. The quantitative estimate of drug-likeness (QED) is 0.703. The van der Waals surface area contributed by atoms with E-state index in [2.05, 4.69) is 5.32 Å². The summed E-state index contributed by atoms with van der Waals surface area (Å²) in [6.45, 7) is 7.39. The van der Waals surface area contributed by atoms with Gasteiger partial charge in [0.05, 0.1) is 0 Å². The molecule has 0 aliphatic rings. The lowest BCUT2D eigenvalue weighted by molar-refractivity contribution is -0.143. The number of carbonyl (C=O) groups excluding carboxylic acids is 1. The maximum atomic E-state index is 11.3. The van der Waals surface area contributed by atoms with Crippen LogP contribution in [-0.4, -0.2) is 23.0 Å². The Bertz CT molecular complexity index is 211. The van der Waals surface area contributed by atoms with Crippen molar-refractivity contribution >= 4 is 11.9 Å². The molecule has 2 N–H and O–H groups in total. The first kappa shape index (κ1) is 12.9. The molecule has 0 radical (unpaired) electrons. The summed E-state index contributed by atoms with van der Waals surface area (Å²) in [4.78, 5) is 22.0. The van der Waals surface area contributed by atoms with Gasteiger partial charge in [0, 0.05) is 6.42 Å². The van der Waals surface area contributed by atoms with Crippen LogP contribution < -0.4 is 5.32 Å². The zero-order valence-corrected chi connectivity index (χ0v) is 9.20. The predicted octanol–water partition coefficient (Wildman–Crippen LogP) is 1.26. The fourth-order valence-corrected chi connectivity index (χ4v) is 1.12. The van der Waals surface area contributed by atoms with Crippen LogP contribution in [0.1, 0.15) is 34.1 Å². The first-order valence-electron chi connectivity index (χ1n) is 4.86. The lowest BCUT2D eigenvalue weighted by atomic mass is 10.0. The van der Waals surface area contributed by atoms with Crippen molar-refractivity contribution in [3.05, 3.63) is 0 Å². The van der Waals surface area contributed by atoms with Crippen LogP contribution >= 0.6 is 0 Å². The number of hydrogen-bond acceptors (Lipinski definition) is 2. The molecule has 0 aliphatic carbocycles. The molecule has 82 valence electrons. The van der Waals surface area contributed by atoms with Crippen molar-refractivity contribution < 1.29 is 14.7 Å². The van der Waals surface area contributed by atoms with E-state index in [1.54, 1.807) is 13.8 Å². The second-order valence-corrected chi connectivity index (χ2v) is 4.23. The molecule has 0 bridgehead atoms. The fraction of sp³-hybridized carbons (Fsp3) is 0.800. The van der Waals surface area contributed by atoms with E-state index in [0.717, 1.165) is 0 Å². The Morgan fingerprint density at radius 1 is 1.21 bits per heavy atom. The lowest BCUT2D eigenvalue weighted by Gasteiger charge is -2.18. The van der Waals surface area contributed by atoms with E-state index in [1.165, 1.54) is 0 Å². The molecule has 0 fully saturated rings. The van der Waals surface area contributed by atoms with Gasteiger partial charge in [-0.05, 0) is 11.8 Å². The summed E-state index contributed by atoms with van der Waals surface area (Å²) in [5, 5.41) is 11.3. The second kappa shape index (κ2) is 5.62. The van der Waals surface area contributed by atoms with E-state index in [-0.39, 0.29) is 17.7 Å². The Labute approximate surface area is 84.7 Å². The number of hydrogen-bond donors (Lipinski definition) is 2. The summed E-state index contributed by atoms with van der Waals surface area (Å²) < 4.78 is 0. The number of nitrogens with one attached hydrogen (secondary N) is 1. The lowest BCUT2D eigenvalue weighted by Crippen LogP contribution is -2.44. The smallest absolute Gasteiger partial charge is 0.326 e. The van der Waals surface area contributed by atoms with Crippen LogP contribution in [0.5, 0.6) is 0 Å². The van der Waals surface area contributed by atoms with Crippen molar-refractivity contribution in [2.45, 2.75) is 40.2 Å². The van der Waals surface area contributed by atoms with Crippen LogP contribution in [0.2, 0.25) is 0 Å². The van der Waals surface area contributed by atoms with Crippen LogP contribution in [0, 0.1) is 11.8 Å². The molecule has 0 rings (SSSR count). The molecule has 0 heterocycles. The maximum absolute atomic E-state index is 11.3. The molecule has 1 amide bonds. The molecule has 1 unspecified atom stereocenters. The van der Waals surface area contributed by atoms with Crippen molar-refractivity contribution in [3.8, 4) is 0 Å². The summed E-state index contributed by atoms with van der Waals surface area (Å²) in [5.74, 6) is -1.02. The van der Waals surface area contributed by atoms with Gasteiger partial charge in [0.1, 0.15) is 6.04 Å². The van der Waals surface area contributed by atoms with Crippen molar-refractivity contribution in [1.82, 2.24) is 5.32 Å². The molecule has 0 aromatic heterocycles. The zero-order valence-electron chi connectivity index (χ0n) is 9.20. The van der Waals surface area contributed by atoms with E-state index in [4.69, 9.17) is 5.11 Å². The molecular formula is C10H19NO3. The molecule has 0 aliphatic heterocycles. The molecule has 4 heteroatoms. The van der Waals surface area contributed by atoms with E-state index in [1.807, 2.05) is 13.8 Å². The largest absolute Gasteiger partial charge is 0.480 e. The number of aliphatic carboxylic acids is 1. The number of amides is 1. The number of rotatable bonds is 5. The van der Waals surface area contributed by atoms with Crippen LogP contribution in [-0.2, 0) is 9.59 Å². The Morgan fingerprint density at radius 2 is 1.71 bits per heavy atom. The van der Waals surface area contributed by atoms with Gasteiger partial charge in [0.15, 0.2) is 0 Å². The van der Waals surface area contributed by atoms with Crippen LogP contribution in [0.25, 0.3) is 0 Å². The standard InChI is InChI=1S/C10H19NO3/c1-6(2)5-8(12)11-9(7(3)4)10(13)14/h6-7,9H,5H2,1-4H3,(H,11,12)(H,13,14). The molecule has 0 spiro atoms. The highest BCUT2D eigenvalue weighted by Gasteiger charge is 2.23. The first-order chi connectivity index (χ1) is 6.34. The minimum atomic E-state index is -0.975. The second-order valence-electron chi connectivity index (χ2n) is 4.23. The first-order valence-corrected chi connectivity index (χ1v) is 4.86. The molecule has 0 saturated carbocycles. The molecular weight excluding hydrogens is 182 g/mol. The SMILES string of the molecule is CC(C)CC(=O)NC(C(=O)O)C(C)C. The summed E-state index contributed by atoms with van der Waals surface area (Å²) in [6, 6.07) is -0.777. The average molecular weight is 201 g/mol. The summed E-state index contributed by atoms with van der Waals surface area (Å²) in [6.07, 6.45) is 0.372. The van der Waals surface area contributed by atoms with Crippen molar-refractivity contribution in [2.24, 2.45) is 11.8 Å². The van der Waals surface area contributed by atoms with E-state index in [9.17, 15) is 9.59 Å². The minimum Gasteiger partial charge on any atom is -0.480 e. The summed E-state index contributed by atoms with van der Waals surface area (Å²) in [7, 11) is 0. The third-order valence-corrected chi connectivity index (χ3v) is 1.84. The molecule has 4 nitrogen and oxygen atoms in total. The highest BCUT2D eigenvalue weighted by molar-refractivity contribution is 5.83. The topological polar surface area (TPSA) is 66.4 Å². The Kier molecular flexibility index (Phi) is 5.20. The van der Waals surface area contributed by atoms with Gasteiger partial charge in [-0.1, -0.05) is 27.7 Å². The Balaban J connectivity index is 4.17. The molecule has 0 saturated heterocycles. The summed E-state index contributed by atoms with van der Waals surface area (Å²) >= 11 is 0. The monoisotopic (exact) mass is 201 g/mol. The predicted molar refractivity (Wildman–Crippen MR) is 53.9 cm³/mol. The Hall–Kier alpha value is -1.06. The average Bonchev–Trinajstić information content (AvgIpc) is 1.97. The van der Waals surface area contributed by atoms with Gasteiger partial charge < -0.3 is 10.4 Å². The van der Waals surface area contributed by atoms with Gasteiger partial charge in [-0.25, -0.2) is 4.79 Å². The minimum absolute atomic E-state index is 0.0939. The van der Waals surface area contributed by atoms with Gasteiger partial charge in [-0.15, -0.1) is 0 Å². The highest BCUT2D eigenvalue weighted by atomic mass is 16.4. The molecule has 0 aromatic rings. The van der Waals surface area contributed by atoms with Crippen molar-refractivity contribution in [2.75, 3.05) is 0 Å². The zero-order chi connectivity index (χ0) is 11.3. The summed E-state index contributed by atoms with van der Waals surface area (Å²) in [5.41, 5.74) is 0. The van der Waals surface area contributed by atoms with Crippen molar-refractivity contribution in [1.29, 1.82) is 0 Å². The van der Waals surface area contributed by atoms with Gasteiger partial charge in [0.25, 0.3) is 0 Å². The van der Waals surface area contributed by atoms with Gasteiger partial charge in [-0.2, -0.15) is 0 Å². The van der Waals surface area contributed by atoms with E-state index >= 15 is 0 Å². The number of carboxylic acid groups (broad SMARTS) is 1. The van der Waals surface area contributed by atoms with Gasteiger partial charge in [0.2, 0.25) is 5.91 Å². The van der Waals surface area contributed by atoms with Crippen molar-refractivity contribution in [3.63, 3.8) is 0 Å². The third-order valence-electron chi connectivity index (χ3n) is 1.84. The van der Waals surface area contributed by atoms with E-state index < -0.39 is 12.0 Å². The highest BCUT2D eigenvalue weighted by Crippen LogP contribution is 2.04. The number of carbonyl (C=O) groups is 2. The van der Waals surface area contributed by atoms with Crippen LogP contribution in [0.3, 0.4) is 0 Å². The molecule has 1 atom stereocenters. The fourth-order valence-electron chi connectivity index (χ4n) is 1.12. The molecule has 0 aromatic carbocycles. The molecule has 14 heavy (non-hydrogen) atoms. The van der Waals surface area contributed by atoms with Crippen LogP contribution in [0.15, 0.2) is 0 Å². The Morgan fingerprint density at radius 3 is 2.00 bits per heavy atom. The van der Waals surface area contributed by atoms with E-state index in [0.29, 0.717) is 6.42 Å². The third kappa shape index (κ3) is 4.84. The van der Waals surface area contributed by atoms with Gasteiger partial charge >= 0.3 is 5.97 Å². The van der Waals surface area contributed by atoms with Gasteiger partial charge in [-0.3, -0.25) is 4.79 Å². The van der Waals surface area contributed by atoms with Crippen LogP contribution in [0.4, 0.5) is 0 Å².